The van der Waals surface area contributed by atoms with E-state index in [1.165, 1.54) is 19.1 Å². The monoisotopic (exact) mass is 367 g/mol. The van der Waals surface area contributed by atoms with Crippen LogP contribution in [0.25, 0.3) is 11.4 Å². The van der Waals surface area contributed by atoms with Crippen molar-refractivity contribution < 1.29 is 18.8 Å². The number of hydrogen-bond acceptors (Lipinski definition) is 6. The van der Waals surface area contributed by atoms with E-state index in [9.17, 15) is 4.79 Å². The summed E-state index contributed by atoms with van der Waals surface area (Å²) in [6, 6.07) is 12.9. The third-order valence-corrected chi connectivity index (χ3v) is 4.10. The van der Waals surface area contributed by atoms with Crippen molar-refractivity contribution in [3.63, 3.8) is 0 Å². The lowest BCUT2D eigenvalue weighted by atomic mass is 10.1. The molecular formula is C20H21N3O4. The molecule has 0 unspecified atom stereocenters. The molecule has 0 saturated carbocycles. The van der Waals surface area contributed by atoms with Crippen LogP contribution in [-0.2, 0) is 6.54 Å². The summed E-state index contributed by atoms with van der Waals surface area (Å²) in [7, 11) is 4.75. The summed E-state index contributed by atoms with van der Waals surface area (Å²) in [5.41, 5.74) is 2.47. The van der Waals surface area contributed by atoms with E-state index in [1.807, 2.05) is 31.2 Å². The molecule has 3 rings (SSSR count). The Bertz CT molecular complexity index is 912. The second-order valence-electron chi connectivity index (χ2n) is 6.14. The van der Waals surface area contributed by atoms with E-state index in [0.717, 1.165) is 11.1 Å². The Kier molecular flexibility index (Phi) is 5.40. The minimum absolute atomic E-state index is 0.192. The van der Waals surface area contributed by atoms with Crippen LogP contribution < -0.4 is 9.47 Å². The lowest BCUT2D eigenvalue weighted by Gasteiger charge is -2.16. The van der Waals surface area contributed by atoms with Crippen molar-refractivity contribution in [3.05, 3.63) is 59.5 Å². The Morgan fingerprint density at radius 1 is 1.07 bits per heavy atom. The van der Waals surface area contributed by atoms with Crippen LogP contribution in [0.4, 0.5) is 0 Å². The number of amides is 1. The molecule has 140 valence electrons. The fourth-order valence-electron chi connectivity index (χ4n) is 2.56. The molecule has 0 atom stereocenters. The predicted molar refractivity (Wildman–Crippen MR) is 99.8 cm³/mol. The highest BCUT2D eigenvalue weighted by Gasteiger charge is 2.18. The number of methoxy groups -OCH3 is 2. The van der Waals surface area contributed by atoms with Crippen LogP contribution in [0.5, 0.6) is 11.5 Å². The molecule has 1 heterocycles. The molecule has 1 amide bonds. The molecule has 7 nitrogen and oxygen atoms in total. The van der Waals surface area contributed by atoms with E-state index < -0.39 is 0 Å². The topological polar surface area (TPSA) is 77.7 Å². The number of benzene rings is 2. The lowest BCUT2D eigenvalue weighted by Crippen LogP contribution is -2.26. The maximum absolute atomic E-state index is 12.7. The zero-order chi connectivity index (χ0) is 19.4. The summed E-state index contributed by atoms with van der Waals surface area (Å²) >= 11 is 0. The summed E-state index contributed by atoms with van der Waals surface area (Å²) in [5, 5.41) is 3.99. The van der Waals surface area contributed by atoms with Gasteiger partial charge in [-0.2, -0.15) is 4.98 Å². The van der Waals surface area contributed by atoms with Crippen molar-refractivity contribution in [1.82, 2.24) is 15.0 Å². The fraction of sp³-hybridized carbons (Fsp3) is 0.250. The van der Waals surface area contributed by atoms with Gasteiger partial charge in [0, 0.05) is 24.2 Å². The lowest BCUT2D eigenvalue weighted by molar-refractivity contribution is 0.0769. The first-order valence-corrected chi connectivity index (χ1v) is 8.38. The summed E-state index contributed by atoms with van der Waals surface area (Å²) in [6.07, 6.45) is 0. The van der Waals surface area contributed by atoms with E-state index in [1.54, 1.807) is 25.2 Å². The second kappa shape index (κ2) is 7.90. The van der Waals surface area contributed by atoms with E-state index >= 15 is 0 Å². The van der Waals surface area contributed by atoms with Gasteiger partial charge in [0.2, 0.25) is 11.7 Å². The third kappa shape index (κ3) is 4.25. The van der Waals surface area contributed by atoms with Crippen molar-refractivity contribution in [2.24, 2.45) is 0 Å². The van der Waals surface area contributed by atoms with Gasteiger partial charge in [-0.15, -0.1) is 0 Å². The van der Waals surface area contributed by atoms with Crippen LogP contribution in [0.1, 0.15) is 21.8 Å². The minimum atomic E-state index is -0.206. The summed E-state index contributed by atoms with van der Waals surface area (Å²) in [6.45, 7) is 2.21. The molecular weight excluding hydrogens is 346 g/mol. The molecule has 0 fully saturated rings. The number of aromatic nitrogens is 2. The molecule has 0 bridgehead atoms. The maximum atomic E-state index is 12.7. The summed E-state index contributed by atoms with van der Waals surface area (Å²) < 4.78 is 15.7. The highest BCUT2D eigenvalue weighted by molar-refractivity contribution is 5.94. The molecule has 1 aromatic heterocycles. The molecule has 0 N–H and O–H groups in total. The van der Waals surface area contributed by atoms with Gasteiger partial charge in [0.15, 0.2) is 0 Å². The number of carbonyl (C=O) groups is 1. The largest absolute Gasteiger partial charge is 0.497 e. The van der Waals surface area contributed by atoms with Gasteiger partial charge in [-0.1, -0.05) is 35.0 Å². The number of hydrogen-bond donors (Lipinski definition) is 0. The molecule has 3 aromatic rings. The average molecular weight is 367 g/mol. The predicted octanol–water partition coefficient (Wildman–Crippen LogP) is 3.33. The molecule has 0 aliphatic heterocycles. The van der Waals surface area contributed by atoms with Crippen LogP contribution in [0.15, 0.2) is 47.0 Å². The molecule has 0 saturated heterocycles. The standard InChI is InChI=1S/C20H21N3O4/c1-13-5-7-14(8-6-13)19-21-18(27-22-19)12-23(2)20(24)15-9-16(25-3)11-17(10-15)26-4/h5-11H,12H2,1-4H3. The van der Waals surface area contributed by atoms with E-state index in [-0.39, 0.29) is 12.5 Å². The highest BCUT2D eigenvalue weighted by Crippen LogP contribution is 2.24. The van der Waals surface area contributed by atoms with Crippen molar-refractivity contribution in [1.29, 1.82) is 0 Å². The van der Waals surface area contributed by atoms with Gasteiger partial charge in [0.25, 0.3) is 5.91 Å². The first kappa shape index (κ1) is 18.4. The van der Waals surface area contributed by atoms with E-state index in [4.69, 9.17) is 14.0 Å². The van der Waals surface area contributed by atoms with Gasteiger partial charge in [0.05, 0.1) is 20.8 Å². The second-order valence-corrected chi connectivity index (χ2v) is 6.14. The SMILES string of the molecule is COc1cc(OC)cc(C(=O)N(C)Cc2nc(-c3ccc(C)cc3)no2)c1. The van der Waals surface area contributed by atoms with Crippen molar-refractivity contribution >= 4 is 5.91 Å². The summed E-state index contributed by atoms with van der Waals surface area (Å²) in [4.78, 5) is 18.6. The fourth-order valence-corrected chi connectivity index (χ4v) is 2.56. The molecule has 0 aliphatic carbocycles. The normalized spacial score (nSPS) is 10.5. The van der Waals surface area contributed by atoms with Crippen molar-refractivity contribution in [2.75, 3.05) is 21.3 Å². The number of nitrogens with zero attached hydrogens (tertiary/aromatic N) is 3. The molecule has 0 radical (unpaired) electrons. The number of aryl methyl sites for hydroxylation is 1. The number of ether oxygens (including phenoxy) is 2. The first-order valence-electron chi connectivity index (χ1n) is 8.38. The zero-order valence-electron chi connectivity index (χ0n) is 15.7. The van der Waals surface area contributed by atoms with Crippen LogP contribution in [-0.4, -0.2) is 42.2 Å². The van der Waals surface area contributed by atoms with Gasteiger partial charge >= 0.3 is 0 Å². The zero-order valence-corrected chi connectivity index (χ0v) is 15.7. The van der Waals surface area contributed by atoms with Gasteiger partial charge in [-0.3, -0.25) is 4.79 Å². The van der Waals surface area contributed by atoms with Gasteiger partial charge in [-0.25, -0.2) is 0 Å². The molecule has 2 aromatic carbocycles. The Labute approximate surface area is 157 Å². The van der Waals surface area contributed by atoms with Gasteiger partial charge in [-0.05, 0) is 19.1 Å². The molecule has 0 spiro atoms. The molecule has 0 aliphatic rings. The Morgan fingerprint density at radius 2 is 1.70 bits per heavy atom. The number of rotatable bonds is 6. The van der Waals surface area contributed by atoms with Crippen molar-refractivity contribution in [2.45, 2.75) is 13.5 Å². The average Bonchev–Trinajstić information content (AvgIpc) is 3.15. The Balaban J connectivity index is 1.74. The van der Waals surface area contributed by atoms with Gasteiger partial charge in [0.1, 0.15) is 11.5 Å². The third-order valence-electron chi connectivity index (χ3n) is 4.10. The van der Waals surface area contributed by atoms with Gasteiger partial charge < -0.3 is 18.9 Å². The Hall–Kier alpha value is -3.35. The first-order chi connectivity index (χ1) is 13.0. The summed E-state index contributed by atoms with van der Waals surface area (Å²) in [5.74, 6) is 1.74. The van der Waals surface area contributed by atoms with E-state index in [0.29, 0.717) is 28.8 Å². The molecule has 27 heavy (non-hydrogen) atoms. The molecule has 7 heteroatoms. The van der Waals surface area contributed by atoms with Crippen LogP contribution >= 0.6 is 0 Å². The maximum Gasteiger partial charge on any atom is 0.254 e. The van der Waals surface area contributed by atoms with Crippen LogP contribution in [0, 0.1) is 6.92 Å². The van der Waals surface area contributed by atoms with Crippen LogP contribution in [0.2, 0.25) is 0 Å². The van der Waals surface area contributed by atoms with E-state index in [2.05, 4.69) is 10.1 Å². The Morgan fingerprint density at radius 3 is 2.30 bits per heavy atom. The highest BCUT2D eigenvalue weighted by atomic mass is 16.5. The smallest absolute Gasteiger partial charge is 0.254 e. The quantitative estimate of drug-likeness (QED) is 0.665. The van der Waals surface area contributed by atoms with Crippen LogP contribution in [0.3, 0.4) is 0 Å². The van der Waals surface area contributed by atoms with Crippen molar-refractivity contribution in [3.8, 4) is 22.9 Å². The number of carbonyl (C=O) groups excluding carboxylic acids is 1. The minimum Gasteiger partial charge on any atom is -0.497 e.